The zero-order valence-electron chi connectivity index (χ0n) is 10.6. The lowest BCUT2D eigenvalue weighted by Crippen LogP contribution is -2.17. The summed E-state index contributed by atoms with van der Waals surface area (Å²) in [5.74, 6) is 3.26. The van der Waals surface area contributed by atoms with Crippen molar-refractivity contribution >= 4 is 0 Å². The van der Waals surface area contributed by atoms with Crippen LogP contribution in [0.15, 0.2) is 0 Å². The number of nitrogens with two attached hydrogens (primary N) is 1. The third-order valence-corrected chi connectivity index (χ3v) is 4.21. The third-order valence-electron chi connectivity index (χ3n) is 4.21. The van der Waals surface area contributed by atoms with Gasteiger partial charge in [-0.25, -0.2) is 4.98 Å². The Balaban J connectivity index is 1.79. The molecule has 4 nitrogen and oxygen atoms in total. The van der Waals surface area contributed by atoms with E-state index in [1.807, 2.05) is 11.7 Å². The van der Waals surface area contributed by atoms with Gasteiger partial charge in [0.25, 0.3) is 0 Å². The van der Waals surface area contributed by atoms with Crippen LogP contribution in [-0.2, 0) is 7.05 Å². The van der Waals surface area contributed by atoms with Crippen LogP contribution < -0.4 is 5.73 Å². The molecule has 0 amide bonds. The molecule has 1 unspecified atom stereocenters. The lowest BCUT2D eigenvalue weighted by Gasteiger charge is -2.18. The molecule has 17 heavy (non-hydrogen) atoms. The first kappa shape index (κ1) is 11.2. The van der Waals surface area contributed by atoms with Crippen LogP contribution in [0.1, 0.15) is 68.6 Å². The molecule has 1 atom stereocenters. The largest absolute Gasteiger partial charge is 0.321 e. The fourth-order valence-corrected chi connectivity index (χ4v) is 2.91. The second-order valence-electron chi connectivity index (χ2n) is 5.65. The number of rotatable bonds is 3. The van der Waals surface area contributed by atoms with Gasteiger partial charge < -0.3 is 5.73 Å². The fourth-order valence-electron chi connectivity index (χ4n) is 2.91. The molecule has 1 aromatic heterocycles. The molecule has 2 fully saturated rings. The Bertz CT molecular complexity index is 388. The minimum atomic E-state index is 0.102. The predicted octanol–water partition coefficient (Wildman–Crippen LogP) is 2.27. The van der Waals surface area contributed by atoms with Crippen LogP contribution in [0.3, 0.4) is 0 Å². The van der Waals surface area contributed by atoms with Gasteiger partial charge in [0.15, 0.2) is 5.82 Å². The molecule has 0 aromatic carbocycles. The Morgan fingerprint density at radius 3 is 2.53 bits per heavy atom. The van der Waals surface area contributed by atoms with Crippen LogP contribution in [0.25, 0.3) is 0 Å². The third kappa shape index (κ3) is 2.23. The number of aromatic nitrogens is 3. The summed E-state index contributed by atoms with van der Waals surface area (Å²) in [6, 6.07) is 0.102. The van der Waals surface area contributed by atoms with Crippen LogP contribution in [0, 0.1) is 5.92 Å². The van der Waals surface area contributed by atoms with Crippen LogP contribution in [0.4, 0.5) is 0 Å². The average Bonchev–Trinajstić information content (AvgIpc) is 3.13. The molecule has 0 spiro atoms. The van der Waals surface area contributed by atoms with Crippen molar-refractivity contribution in [3.8, 4) is 0 Å². The van der Waals surface area contributed by atoms with Crippen molar-refractivity contribution in [2.24, 2.45) is 18.7 Å². The van der Waals surface area contributed by atoms with Crippen molar-refractivity contribution in [2.45, 2.75) is 56.9 Å². The van der Waals surface area contributed by atoms with Gasteiger partial charge in [-0.1, -0.05) is 19.3 Å². The van der Waals surface area contributed by atoms with E-state index in [1.54, 1.807) is 0 Å². The monoisotopic (exact) mass is 234 g/mol. The topological polar surface area (TPSA) is 56.7 Å². The van der Waals surface area contributed by atoms with E-state index in [4.69, 9.17) is 10.7 Å². The molecule has 1 heterocycles. The highest BCUT2D eigenvalue weighted by molar-refractivity contribution is 5.06. The molecule has 2 aliphatic rings. The van der Waals surface area contributed by atoms with E-state index in [1.165, 1.54) is 44.9 Å². The van der Waals surface area contributed by atoms with Gasteiger partial charge in [-0.2, -0.15) is 5.10 Å². The summed E-state index contributed by atoms with van der Waals surface area (Å²) >= 11 is 0. The molecule has 0 saturated heterocycles. The smallest absolute Gasteiger partial charge is 0.154 e. The van der Waals surface area contributed by atoms with E-state index >= 15 is 0 Å². The van der Waals surface area contributed by atoms with Gasteiger partial charge in [0.2, 0.25) is 0 Å². The van der Waals surface area contributed by atoms with Gasteiger partial charge in [-0.3, -0.25) is 4.68 Å². The van der Waals surface area contributed by atoms with Gasteiger partial charge in [0, 0.05) is 13.0 Å². The van der Waals surface area contributed by atoms with Crippen molar-refractivity contribution in [3.63, 3.8) is 0 Å². The lowest BCUT2D eigenvalue weighted by molar-refractivity contribution is 0.427. The standard InChI is InChI=1S/C13H22N4/c1-17-13(11(14)9-7-8-9)15-12(16-17)10-5-3-2-4-6-10/h9-11H,2-8,14H2,1H3. The molecule has 1 aromatic rings. The normalized spacial score (nSPS) is 23.9. The summed E-state index contributed by atoms with van der Waals surface area (Å²) in [6.45, 7) is 0. The molecule has 2 saturated carbocycles. The first-order valence-electron chi connectivity index (χ1n) is 6.92. The summed E-state index contributed by atoms with van der Waals surface area (Å²) in [7, 11) is 1.98. The second-order valence-corrected chi connectivity index (χ2v) is 5.65. The van der Waals surface area contributed by atoms with Crippen molar-refractivity contribution in [2.75, 3.05) is 0 Å². The van der Waals surface area contributed by atoms with Crippen LogP contribution >= 0.6 is 0 Å². The van der Waals surface area contributed by atoms with Gasteiger partial charge >= 0.3 is 0 Å². The van der Waals surface area contributed by atoms with Crippen molar-refractivity contribution in [3.05, 3.63) is 11.6 Å². The Morgan fingerprint density at radius 1 is 1.18 bits per heavy atom. The summed E-state index contributed by atoms with van der Waals surface area (Å²) < 4.78 is 1.91. The molecule has 0 radical (unpaired) electrons. The van der Waals surface area contributed by atoms with Gasteiger partial charge in [-0.15, -0.1) is 0 Å². The molecule has 2 N–H and O–H groups in total. The van der Waals surface area contributed by atoms with E-state index < -0.39 is 0 Å². The summed E-state index contributed by atoms with van der Waals surface area (Å²) in [6.07, 6.45) is 9.04. The first-order valence-corrected chi connectivity index (χ1v) is 6.92. The molecular formula is C13H22N4. The number of hydrogen-bond donors (Lipinski definition) is 1. The molecule has 2 aliphatic carbocycles. The SMILES string of the molecule is Cn1nc(C2CCCCC2)nc1C(N)C1CC1. The van der Waals surface area contributed by atoms with Crippen LogP contribution in [0.5, 0.6) is 0 Å². The zero-order chi connectivity index (χ0) is 11.8. The number of hydrogen-bond acceptors (Lipinski definition) is 3. The summed E-state index contributed by atoms with van der Waals surface area (Å²) in [5.41, 5.74) is 6.22. The van der Waals surface area contributed by atoms with Crippen molar-refractivity contribution < 1.29 is 0 Å². The zero-order valence-corrected chi connectivity index (χ0v) is 10.6. The first-order chi connectivity index (χ1) is 8.25. The summed E-state index contributed by atoms with van der Waals surface area (Å²) in [4.78, 5) is 4.72. The second kappa shape index (κ2) is 4.41. The highest BCUT2D eigenvalue weighted by atomic mass is 15.3. The molecule has 94 valence electrons. The van der Waals surface area contributed by atoms with Crippen molar-refractivity contribution in [1.82, 2.24) is 14.8 Å². The van der Waals surface area contributed by atoms with Gasteiger partial charge in [0.1, 0.15) is 5.82 Å². The fraction of sp³-hybridized carbons (Fsp3) is 0.846. The lowest BCUT2D eigenvalue weighted by atomic mass is 9.89. The molecule has 0 aliphatic heterocycles. The molecule has 4 heteroatoms. The Kier molecular flexibility index (Phi) is 2.90. The van der Waals surface area contributed by atoms with E-state index in [-0.39, 0.29) is 6.04 Å². The van der Waals surface area contributed by atoms with E-state index in [0.717, 1.165) is 11.6 Å². The molecule has 3 rings (SSSR count). The summed E-state index contributed by atoms with van der Waals surface area (Å²) in [5, 5.41) is 4.59. The maximum absolute atomic E-state index is 6.22. The molecule has 0 bridgehead atoms. The highest BCUT2D eigenvalue weighted by Gasteiger charge is 2.33. The Morgan fingerprint density at radius 2 is 1.88 bits per heavy atom. The number of nitrogens with zero attached hydrogens (tertiary/aromatic N) is 3. The minimum Gasteiger partial charge on any atom is -0.321 e. The van der Waals surface area contributed by atoms with E-state index in [9.17, 15) is 0 Å². The van der Waals surface area contributed by atoms with Gasteiger partial charge in [-0.05, 0) is 31.6 Å². The number of aryl methyl sites for hydroxylation is 1. The maximum Gasteiger partial charge on any atom is 0.154 e. The Hall–Kier alpha value is -0.900. The van der Waals surface area contributed by atoms with Gasteiger partial charge in [0.05, 0.1) is 6.04 Å². The van der Waals surface area contributed by atoms with E-state index in [0.29, 0.717) is 11.8 Å². The van der Waals surface area contributed by atoms with Crippen molar-refractivity contribution in [1.29, 1.82) is 0 Å². The van der Waals surface area contributed by atoms with Crippen LogP contribution in [0.2, 0.25) is 0 Å². The average molecular weight is 234 g/mol. The van der Waals surface area contributed by atoms with E-state index in [2.05, 4.69) is 5.10 Å². The minimum absolute atomic E-state index is 0.102. The molecular weight excluding hydrogens is 212 g/mol. The maximum atomic E-state index is 6.22. The predicted molar refractivity (Wildman–Crippen MR) is 66.5 cm³/mol. The quantitative estimate of drug-likeness (QED) is 0.873. The van der Waals surface area contributed by atoms with Crippen LogP contribution in [-0.4, -0.2) is 14.8 Å². The Labute approximate surface area is 103 Å². The highest BCUT2D eigenvalue weighted by Crippen LogP contribution is 2.39.